The fraction of sp³-hybridized carbons (Fsp3) is 0.609. The number of benzene rings is 1. The molecule has 0 spiro atoms. The molecule has 0 radical (unpaired) electrons. The number of hydrogen-bond acceptors (Lipinski definition) is 6. The van der Waals surface area contributed by atoms with Gasteiger partial charge in [0.15, 0.2) is 0 Å². The molecule has 0 aromatic heterocycles. The number of rotatable bonds is 5. The highest BCUT2D eigenvalue weighted by Crippen LogP contribution is 2.30. The molecule has 1 aromatic carbocycles. The zero-order valence-electron chi connectivity index (χ0n) is 18.2. The molecule has 4 atom stereocenters. The minimum absolute atomic E-state index is 0.0202. The molecule has 174 valence electrons. The zero-order chi connectivity index (χ0) is 22.5. The Balaban J connectivity index is 1.38. The number of nitrogens with zero attached hydrogens (tertiary/aromatic N) is 2. The molecule has 0 unspecified atom stereocenters. The van der Waals surface area contributed by atoms with Gasteiger partial charge >= 0.3 is 6.09 Å². The van der Waals surface area contributed by atoms with Crippen molar-refractivity contribution in [3.63, 3.8) is 0 Å². The summed E-state index contributed by atoms with van der Waals surface area (Å²) in [5.41, 5.74) is 2.89. The maximum Gasteiger partial charge on any atom is 0.410 e. The van der Waals surface area contributed by atoms with E-state index in [4.69, 9.17) is 9.94 Å². The maximum atomic E-state index is 13.3. The van der Waals surface area contributed by atoms with Crippen LogP contribution in [0.5, 0.6) is 0 Å². The second kappa shape index (κ2) is 10.3. The third-order valence-corrected chi connectivity index (χ3v) is 6.84. The van der Waals surface area contributed by atoms with Crippen LogP contribution in [0.4, 0.5) is 4.79 Å². The fourth-order valence-corrected chi connectivity index (χ4v) is 5.12. The lowest BCUT2D eigenvalue weighted by Crippen LogP contribution is -2.57. The van der Waals surface area contributed by atoms with Crippen LogP contribution in [0.1, 0.15) is 43.6 Å². The normalized spacial score (nSPS) is 27.9. The number of likely N-dealkylation sites (tertiary alicyclic amines) is 2. The van der Waals surface area contributed by atoms with Crippen LogP contribution >= 0.6 is 0 Å². The quantitative estimate of drug-likeness (QED) is 0.469. The number of carbonyl (C=O) groups excluding carboxylic acids is 3. The first-order valence-electron chi connectivity index (χ1n) is 11.5. The molecule has 3 N–H and O–H groups in total. The third kappa shape index (κ3) is 5.21. The van der Waals surface area contributed by atoms with Gasteiger partial charge in [-0.2, -0.15) is 0 Å². The van der Waals surface area contributed by atoms with Gasteiger partial charge in [-0.15, -0.1) is 0 Å². The molecule has 4 rings (SSSR count). The fourth-order valence-electron chi connectivity index (χ4n) is 5.12. The van der Waals surface area contributed by atoms with Crippen LogP contribution in [0.3, 0.4) is 0 Å². The summed E-state index contributed by atoms with van der Waals surface area (Å²) in [7, 11) is 0. The van der Waals surface area contributed by atoms with Crippen molar-refractivity contribution in [3.05, 3.63) is 35.9 Å². The number of piperidine rings is 1. The standard InChI is InChI=1S/C23H32N4O5/c28-20(25-31)13-18-12-19(32-23(30)26-9-4-5-10-26)14-24-21(18)22(29)27-11-8-17(15-27)16-6-2-1-3-7-16/h1-3,6-7,17-19,21,24,31H,4-5,8-15H2,(H,25,28)/t17-,18-,19+,21-/m0/s1. The van der Waals surface area contributed by atoms with Gasteiger partial charge in [0, 0.05) is 45.1 Å². The Hall–Kier alpha value is -2.65. The molecule has 3 fully saturated rings. The van der Waals surface area contributed by atoms with E-state index in [0.29, 0.717) is 45.1 Å². The highest BCUT2D eigenvalue weighted by molar-refractivity contribution is 5.84. The first kappa shape index (κ1) is 22.5. The third-order valence-electron chi connectivity index (χ3n) is 6.84. The number of hydroxylamine groups is 1. The van der Waals surface area contributed by atoms with Crippen molar-refractivity contribution in [3.8, 4) is 0 Å². The molecule has 3 saturated heterocycles. The Kier molecular flexibility index (Phi) is 7.26. The van der Waals surface area contributed by atoms with E-state index >= 15 is 0 Å². The van der Waals surface area contributed by atoms with Gasteiger partial charge in [0.1, 0.15) is 6.10 Å². The zero-order valence-corrected chi connectivity index (χ0v) is 18.2. The lowest BCUT2D eigenvalue weighted by Gasteiger charge is -2.37. The highest BCUT2D eigenvalue weighted by atomic mass is 16.6. The molecular weight excluding hydrogens is 412 g/mol. The average Bonchev–Trinajstić information content (AvgIpc) is 3.52. The van der Waals surface area contributed by atoms with Crippen molar-refractivity contribution in [1.29, 1.82) is 0 Å². The van der Waals surface area contributed by atoms with Crippen molar-refractivity contribution in [1.82, 2.24) is 20.6 Å². The Labute approximate surface area is 188 Å². The van der Waals surface area contributed by atoms with Crippen LogP contribution in [0.25, 0.3) is 0 Å². The molecule has 3 heterocycles. The lowest BCUT2D eigenvalue weighted by molar-refractivity contribution is -0.137. The molecule has 3 aliphatic rings. The molecule has 1 aromatic rings. The summed E-state index contributed by atoms with van der Waals surface area (Å²) in [6, 6.07) is 9.63. The largest absolute Gasteiger partial charge is 0.445 e. The van der Waals surface area contributed by atoms with Gasteiger partial charge in [0.2, 0.25) is 11.8 Å². The first-order chi connectivity index (χ1) is 15.5. The summed E-state index contributed by atoms with van der Waals surface area (Å²) < 4.78 is 5.65. The monoisotopic (exact) mass is 444 g/mol. The van der Waals surface area contributed by atoms with E-state index in [1.807, 2.05) is 23.1 Å². The summed E-state index contributed by atoms with van der Waals surface area (Å²) in [6.07, 6.45) is 2.48. The number of nitrogens with one attached hydrogen (secondary N) is 2. The van der Waals surface area contributed by atoms with E-state index in [-0.39, 0.29) is 24.3 Å². The SMILES string of the molecule is O=C(C[C@@H]1C[C@@H](OC(=O)N2CCCC2)CN[C@@H]1C(=O)N1CC[C@H](c2ccccc2)C1)NO. The average molecular weight is 445 g/mol. The molecule has 32 heavy (non-hydrogen) atoms. The molecular formula is C23H32N4O5. The van der Waals surface area contributed by atoms with E-state index in [9.17, 15) is 14.4 Å². The van der Waals surface area contributed by atoms with Gasteiger partial charge in [-0.1, -0.05) is 30.3 Å². The van der Waals surface area contributed by atoms with Crippen LogP contribution in [0, 0.1) is 5.92 Å². The summed E-state index contributed by atoms with van der Waals surface area (Å²) in [5.74, 6) is -0.666. The summed E-state index contributed by atoms with van der Waals surface area (Å²) in [4.78, 5) is 41.2. The van der Waals surface area contributed by atoms with Crippen LogP contribution in [0.15, 0.2) is 30.3 Å². The Morgan fingerprint density at radius 2 is 1.84 bits per heavy atom. The molecule has 3 aliphatic heterocycles. The van der Waals surface area contributed by atoms with Gasteiger partial charge in [0.05, 0.1) is 6.04 Å². The molecule has 9 heteroatoms. The second-order valence-corrected chi connectivity index (χ2v) is 9.00. The number of amides is 3. The van der Waals surface area contributed by atoms with Crippen LogP contribution in [-0.4, -0.2) is 77.8 Å². The molecule has 0 saturated carbocycles. The van der Waals surface area contributed by atoms with Crippen molar-refractivity contribution in [2.24, 2.45) is 5.92 Å². The Bertz CT molecular complexity index is 814. The molecule has 0 aliphatic carbocycles. The highest BCUT2D eigenvalue weighted by Gasteiger charge is 2.41. The van der Waals surface area contributed by atoms with Crippen LogP contribution < -0.4 is 10.8 Å². The molecule has 9 nitrogen and oxygen atoms in total. The van der Waals surface area contributed by atoms with E-state index in [1.165, 1.54) is 5.56 Å². The smallest absolute Gasteiger partial charge is 0.410 e. The van der Waals surface area contributed by atoms with E-state index in [0.717, 1.165) is 19.3 Å². The lowest BCUT2D eigenvalue weighted by atomic mass is 9.85. The van der Waals surface area contributed by atoms with Crippen LogP contribution in [-0.2, 0) is 14.3 Å². The van der Waals surface area contributed by atoms with Gasteiger partial charge in [-0.05, 0) is 37.2 Å². The summed E-state index contributed by atoms with van der Waals surface area (Å²) in [5, 5.41) is 12.2. The summed E-state index contributed by atoms with van der Waals surface area (Å²) in [6.45, 7) is 3.08. The van der Waals surface area contributed by atoms with E-state index in [2.05, 4.69) is 17.4 Å². The van der Waals surface area contributed by atoms with Crippen molar-refractivity contribution < 1.29 is 24.3 Å². The molecule has 3 amide bonds. The van der Waals surface area contributed by atoms with Gasteiger partial charge in [0.25, 0.3) is 0 Å². The van der Waals surface area contributed by atoms with Gasteiger partial charge in [-0.25, -0.2) is 10.3 Å². The summed E-state index contributed by atoms with van der Waals surface area (Å²) >= 11 is 0. The Morgan fingerprint density at radius 3 is 2.56 bits per heavy atom. The Morgan fingerprint density at radius 1 is 1.09 bits per heavy atom. The van der Waals surface area contributed by atoms with Crippen molar-refractivity contribution in [2.75, 3.05) is 32.7 Å². The number of carbonyl (C=O) groups is 3. The van der Waals surface area contributed by atoms with Crippen LogP contribution in [0.2, 0.25) is 0 Å². The number of hydrogen-bond donors (Lipinski definition) is 3. The number of ether oxygens (including phenoxy) is 1. The van der Waals surface area contributed by atoms with Crippen molar-refractivity contribution in [2.45, 2.75) is 50.2 Å². The minimum atomic E-state index is -0.552. The maximum absolute atomic E-state index is 13.3. The van der Waals surface area contributed by atoms with E-state index < -0.39 is 18.1 Å². The van der Waals surface area contributed by atoms with Gasteiger partial charge < -0.3 is 19.9 Å². The van der Waals surface area contributed by atoms with Crippen molar-refractivity contribution >= 4 is 17.9 Å². The predicted octanol–water partition coefficient (Wildman–Crippen LogP) is 1.48. The van der Waals surface area contributed by atoms with Gasteiger partial charge in [-0.3, -0.25) is 14.8 Å². The first-order valence-corrected chi connectivity index (χ1v) is 11.5. The predicted molar refractivity (Wildman–Crippen MR) is 116 cm³/mol. The minimum Gasteiger partial charge on any atom is -0.445 e. The topological polar surface area (TPSA) is 111 Å². The van der Waals surface area contributed by atoms with E-state index in [1.54, 1.807) is 10.4 Å². The second-order valence-electron chi connectivity index (χ2n) is 9.00. The molecule has 0 bridgehead atoms.